The first kappa shape index (κ1) is 18.2. The van der Waals surface area contributed by atoms with Gasteiger partial charge < -0.3 is 9.15 Å². The highest BCUT2D eigenvalue weighted by Crippen LogP contribution is 2.25. The monoisotopic (exact) mass is 393 g/mol. The average molecular weight is 394 g/mol. The molecule has 0 saturated heterocycles. The third-order valence-corrected chi connectivity index (χ3v) is 4.97. The molecule has 2 aromatic heterocycles. The van der Waals surface area contributed by atoms with Gasteiger partial charge in [0.1, 0.15) is 17.3 Å². The summed E-state index contributed by atoms with van der Waals surface area (Å²) in [6.45, 7) is 3.78. The number of carbonyl (C=O) groups is 1. The Hall–Kier alpha value is -3.18. The average Bonchev–Trinajstić information content (AvgIpc) is 2.68. The number of pyridine rings is 1. The minimum absolute atomic E-state index is 0.0578. The summed E-state index contributed by atoms with van der Waals surface area (Å²) >= 11 is 6.04. The van der Waals surface area contributed by atoms with Crippen LogP contribution < -0.4 is 5.63 Å². The van der Waals surface area contributed by atoms with E-state index in [1.165, 1.54) is 12.1 Å². The van der Waals surface area contributed by atoms with Crippen molar-refractivity contribution >= 4 is 39.4 Å². The number of esters is 1. The van der Waals surface area contributed by atoms with Gasteiger partial charge in [0.2, 0.25) is 0 Å². The maximum atomic E-state index is 12.7. The van der Waals surface area contributed by atoms with Gasteiger partial charge in [0, 0.05) is 22.4 Å². The molecule has 0 aliphatic heterocycles. The van der Waals surface area contributed by atoms with Crippen molar-refractivity contribution in [1.29, 1.82) is 0 Å². The summed E-state index contributed by atoms with van der Waals surface area (Å²) in [5, 5.41) is 1.61. The molecule has 0 aliphatic rings. The fourth-order valence-corrected chi connectivity index (χ4v) is 3.38. The number of fused-ring (bicyclic) bond motifs is 2. The van der Waals surface area contributed by atoms with Crippen molar-refractivity contribution < 1.29 is 13.9 Å². The van der Waals surface area contributed by atoms with Crippen molar-refractivity contribution in [3.8, 4) is 0 Å². The molecule has 0 amide bonds. The zero-order valence-electron chi connectivity index (χ0n) is 15.3. The lowest BCUT2D eigenvalue weighted by Crippen LogP contribution is -2.09. The van der Waals surface area contributed by atoms with Crippen molar-refractivity contribution in [2.75, 3.05) is 0 Å². The first-order valence-corrected chi connectivity index (χ1v) is 9.07. The highest BCUT2D eigenvalue weighted by molar-refractivity contribution is 6.30. The Balaban J connectivity index is 1.70. The van der Waals surface area contributed by atoms with E-state index in [0.29, 0.717) is 27.6 Å². The van der Waals surface area contributed by atoms with Crippen LogP contribution in [0, 0.1) is 13.8 Å². The number of aromatic nitrogens is 1. The highest BCUT2D eigenvalue weighted by atomic mass is 35.5. The van der Waals surface area contributed by atoms with Crippen LogP contribution in [-0.4, -0.2) is 11.0 Å². The second-order valence-corrected chi connectivity index (χ2v) is 6.95. The van der Waals surface area contributed by atoms with Gasteiger partial charge in [0.15, 0.2) is 0 Å². The lowest BCUT2D eigenvalue weighted by atomic mass is 10.0. The summed E-state index contributed by atoms with van der Waals surface area (Å²) in [5.41, 5.74) is 3.46. The van der Waals surface area contributed by atoms with E-state index in [9.17, 15) is 9.59 Å². The number of aryl methyl sites for hydroxylation is 2. The molecule has 0 spiro atoms. The number of ether oxygens (including phenoxy) is 1. The van der Waals surface area contributed by atoms with E-state index in [4.69, 9.17) is 20.8 Å². The molecule has 28 heavy (non-hydrogen) atoms. The van der Waals surface area contributed by atoms with Crippen molar-refractivity contribution in [2.24, 2.45) is 0 Å². The van der Waals surface area contributed by atoms with E-state index >= 15 is 0 Å². The molecule has 5 nitrogen and oxygen atoms in total. The second kappa shape index (κ2) is 7.09. The van der Waals surface area contributed by atoms with Crippen LogP contribution >= 0.6 is 11.6 Å². The lowest BCUT2D eigenvalue weighted by molar-refractivity contribution is 0.0476. The van der Waals surface area contributed by atoms with E-state index in [1.54, 1.807) is 12.1 Å². The van der Waals surface area contributed by atoms with Gasteiger partial charge in [-0.25, -0.2) is 14.6 Å². The van der Waals surface area contributed by atoms with E-state index < -0.39 is 11.6 Å². The Morgan fingerprint density at radius 3 is 2.71 bits per heavy atom. The fraction of sp³-hybridized carbons (Fsp3) is 0.136. The molecule has 4 rings (SSSR count). The minimum atomic E-state index is -0.536. The molecular formula is C22H16ClNO4. The van der Waals surface area contributed by atoms with Crippen LogP contribution in [0.3, 0.4) is 0 Å². The first-order valence-electron chi connectivity index (χ1n) is 8.69. The number of halogens is 1. The number of para-hydroxylation sites is 1. The summed E-state index contributed by atoms with van der Waals surface area (Å²) < 4.78 is 10.9. The third-order valence-electron chi connectivity index (χ3n) is 4.78. The molecule has 2 aromatic carbocycles. The molecule has 0 radical (unpaired) electrons. The Kier molecular flexibility index (Phi) is 4.61. The van der Waals surface area contributed by atoms with Crippen molar-refractivity contribution in [3.63, 3.8) is 0 Å². The third kappa shape index (κ3) is 3.25. The van der Waals surface area contributed by atoms with Gasteiger partial charge >= 0.3 is 11.6 Å². The topological polar surface area (TPSA) is 69.4 Å². The summed E-state index contributed by atoms with van der Waals surface area (Å²) in [6.07, 6.45) is 0. The fourth-order valence-electron chi connectivity index (χ4n) is 3.18. The molecule has 0 aliphatic carbocycles. The number of rotatable bonds is 3. The molecule has 4 aromatic rings. The molecule has 0 fully saturated rings. The predicted molar refractivity (Wildman–Crippen MR) is 108 cm³/mol. The van der Waals surface area contributed by atoms with Crippen LogP contribution in [0.1, 0.15) is 27.0 Å². The Labute approximate surface area is 165 Å². The molecule has 0 saturated carbocycles. The quantitative estimate of drug-likeness (QED) is 0.279. The van der Waals surface area contributed by atoms with Gasteiger partial charge in [0.05, 0.1) is 11.1 Å². The molecule has 2 heterocycles. The SMILES string of the molecule is Cc1ccc2c(COC(=O)c3cc(Cl)nc4ccccc34)cc(=O)oc2c1C. The summed E-state index contributed by atoms with van der Waals surface area (Å²) in [5.74, 6) is -0.536. The van der Waals surface area contributed by atoms with Crippen LogP contribution in [0.2, 0.25) is 5.15 Å². The van der Waals surface area contributed by atoms with Crippen LogP contribution in [0.4, 0.5) is 0 Å². The first-order chi connectivity index (χ1) is 13.4. The van der Waals surface area contributed by atoms with Crippen LogP contribution in [-0.2, 0) is 11.3 Å². The van der Waals surface area contributed by atoms with Gasteiger partial charge in [-0.15, -0.1) is 0 Å². The molecule has 0 bridgehead atoms. The zero-order chi connectivity index (χ0) is 19.8. The standard InChI is InChI=1S/C22H16ClNO4/c1-12-7-8-15-14(9-20(25)28-21(15)13(12)2)11-27-22(26)17-10-19(23)24-18-6-4-3-5-16(17)18/h3-10H,11H2,1-2H3. The van der Waals surface area contributed by atoms with Crippen molar-refractivity contribution in [1.82, 2.24) is 4.98 Å². The predicted octanol–water partition coefficient (Wildman–Crippen LogP) is 4.97. The number of nitrogens with zero attached hydrogens (tertiary/aromatic N) is 1. The van der Waals surface area contributed by atoms with Gasteiger partial charge in [0.25, 0.3) is 0 Å². The van der Waals surface area contributed by atoms with E-state index in [-0.39, 0.29) is 11.8 Å². The maximum absolute atomic E-state index is 12.7. The Bertz CT molecular complexity index is 1290. The van der Waals surface area contributed by atoms with Gasteiger partial charge in [-0.1, -0.05) is 41.9 Å². The van der Waals surface area contributed by atoms with Gasteiger partial charge in [-0.2, -0.15) is 0 Å². The molecule has 0 unspecified atom stereocenters. The van der Waals surface area contributed by atoms with Crippen LogP contribution in [0.25, 0.3) is 21.9 Å². The maximum Gasteiger partial charge on any atom is 0.339 e. The molecule has 6 heteroatoms. The molecule has 0 atom stereocenters. The number of carbonyl (C=O) groups excluding carboxylic acids is 1. The van der Waals surface area contributed by atoms with Crippen LogP contribution in [0.15, 0.2) is 57.7 Å². The smallest absolute Gasteiger partial charge is 0.339 e. The molecular weight excluding hydrogens is 378 g/mol. The largest absolute Gasteiger partial charge is 0.457 e. The summed E-state index contributed by atoms with van der Waals surface area (Å²) in [7, 11) is 0. The lowest BCUT2D eigenvalue weighted by Gasteiger charge is -2.11. The van der Waals surface area contributed by atoms with Crippen molar-refractivity contribution in [3.05, 3.63) is 86.4 Å². The van der Waals surface area contributed by atoms with Crippen LogP contribution in [0.5, 0.6) is 0 Å². The Morgan fingerprint density at radius 2 is 1.89 bits per heavy atom. The summed E-state index contributed by atoms with van der Waals surface area (Å²) in [4.78, 5) is 28.9. The van der Waals surface area contributed by atoms with E-state index in [2.05, 4.69) is 4.98 Å². The molecule has 0 N–H and O–H groups in total. The molecule has 140 valence electrons. The minimum Gasteiger partial charge on any atom is -0.457 e. The van der Waals surface area contributed by atoms with Gasteiger partial charge in [-0.05, 0) is 37.1 Å². The van der Waals surface area contributed by atoms with E-state index in [1.807, 2.05) is 38.1 Å². The second-order valence-electron chi connectivity index (χ2n) is 6.56. The highest BCUT2D eigenvalue weighted by Gasteiger charge is 2.16. The van der Waals surface area contributed by atoms with Crippen molar-refractivity contribution in [2.45, 2.75) is 20.5 Å². The number of hydrogen-bond donors (Lipinski definition) is 0. The zero-order valence-corrected chi connectivity index (χ0v) is 16.0. The normalized spacial score (nSPS) is 11.1. The van der Waals surface area contributed by atoms with Gasteiger partial charge in [-0.3, -0.25) is 0 Å². The summed E-state index contributed by atoms with van der Waals surface area (Å²) in [6, 6.07) is 13.8. The number of hydrogen-bond acceptors (Lipinski definition) is 5. The Morgan fingerprint density at radius 1 is 1.11 bits per heavy atom. The number of benzene rings is 2. The van der Waals surface area contributed by atoms with E-state index in [0.717, 1.165) is 16.5 Å².